The molecule has 0 radical (unpaired) electrons. The predicted molar refractivity (Wildman–Crippen MR) is 255 cm³/mol. The Labute approximate surface area is 397 Å². The third kappa shape index (κ3) is 15.9. The zero-order chi connectivity index (χ0) is 48.3. The number of piperidine rings is 1. The highest BCUT2D eigenvalue weighted by atomic mass is 16.5. The third-order valence-corrected chi connectivity index (χ3v) is 13.6. The summed E-state index contributed by atoms with van der Waals surface area (Å²) in [6.45, 7) is 10.7. The Morgan fingerprint density at radius 1 is 0.657 bits per heavy atom. The first kappa shape index (κ1) is 52.7. The maximum Gasteiger partial charge on any atom is 0.306 e. The van der Waals surface area contributed by atoms with Gasteiger partial charge in [0.25, 0.3) is 0 Å². The minimum Gasteiger partial charge on any atom is -0.461 e. The van der Waals surface area contributed by atoms with Crippen molar-refractivity contribution in [3.8, 4) is 0 Å². The summed E-state index contributed by atoms with van der Waals surface area (Å²) in [6.07, 6.45) is 8.21. The Kier molecular flexibility index (Phi) is 21.1. The third-order valence-electron chi connectivity index (χ3n) is 13.6. The molecule has 0 aromatic heterocycles. The number of rotatable bonds is 23. The SMILES string of the molecule is CCCNC(=O)[C@@H](NC(=O)[C@@H]1CCCN1C(=O)[C@H](CCC(=O)OCc1ccccc1)NC(=O)[C@@H]1CCCCN1C(=O)[C@@H](NC(=O)C[C@H](C)C1CCCCC1)C(C)C)C(C)OCc1ccccc1. The number of nitrogens with one attached hydrogen (secondary N) is 4. The molecule has 3 fully saturated rings. The lowest BCUT2D eigenvalue weighted by Crippen LogP contribution is -2.61. The molecular weight excluding hydrogens is 853 g/mol. The lowest BCUT2D eigenvalue weighted by molar-refractivity contribution is -0.149. The summed E-state index contributed by atoms with van der Waals surface area (Å²) in [6, 6.07) is 13.6. The van der Waals surface area contributed by atoms with Crippen LogP contribution in [0.3, 0.4) is 0 Å². The molecule has 2 heterocycles. The molecule has 0 spiro atoms. The number of carbonyl (C=O) groups excluding carboxylic acids is 7. The largest absolute Gasteiger partial charge is 0.461 e. The number of carbonyl (C=O) groups is 7. The number of likely N-dealkylation sites (tertiary alicyclic amines) is 2. The van der Waals surface area contributed by atoms with E-state index in [0.29, 0.717) is 64.0 Å². The van der Waals surface area contributed by atoms with Gasteiger partial charge in [-0.05, 0) is 80.8 Å². The van der Waals surface area contributed by atoms with E-state index in [4.69, 9.17) is 9.47 Å². The van der Waals surface area contributed by atoms with Gasteiger partial charge in [0.1, 0.15) is 36.8 Å². The highest BCUT2D eigenvalue weighted by Gasteiger charge is 2.42. The molecule has 15 heteroatoms. The minimum atomic E-state index is -1.25. The van der Waals surface area contributed by atoms with Gasteiger partial charge in [-0.2, -0.15) is 0 Å². The van der Waals surface area contributed by atoms with Crippen LogP contribution in [0.5, 0.6) is 0 Å². The number of benzene rings is 2. The summed E-state index contributed by atoms with van der Waals surface area (Å²) >= 11 is 0. The first-order chi connectivity index (χ1) is 32.3. The standard InChI is InChI=1S/C52H76N6O9/c1-6-29-53-50(63)47(37(5)66-33-38-19-10-7-11-20-38)56-49(62)43-26-18-31-57(43)51(64)41(27-28-45(60)67-34-39-21-12-8-13-22-39)54-48(61)42-25-16-17-30-58(42)52(65)46(35(2)3)55-44(59)32-36(4)40-23-14-9-15-24-40/h7-8,10-13,19-22,35-37,40-43,46-47H,6,9,14-18,23-34H2,1-5H3,(H,53,63)(H,54,61)(H,55,59)(H,56,62)/t36-,37?,41-,42-,43-,46-,47-/m0/s1. The van der Waals surface area contributed by atoms with Crippen LogP contribution in [-0.2, 0) is 56.2 Å². The van der Waals surface area contributed by atoms with Crippen LogP contribution in [-0.4, -0.2) is 107 Å². The minimum absolute atomic E-state index is 0.0334. The van der Waals surface area contributed by atoms with E-state index in [9.17, 15) is 33.6 Å². The average Bonchev–Trinajstić information content (AvgIpc) is 3.85. The van der Waals surface area contributed by atoms with Gasteiger partial charge < -0.3 is 40.5 Å². The molecule has 2 aromatic carbocycles. The van der Waals surface area contributed by atoms with Gasteiger partial charge >= 0.3 is 5.97 Å². The molecule has 67 heavy (non-hydrogen) atoms. The van der Waals surface area contributed by atoms with Crippen molar-refractivity contribution < 1.29 is 43.0 Å². The quantitative estimate of drug-likeness (QED) is 0.101. The fourth-order valence-corrected chi connectivity index (χ4v) is 9.56. The number of ether oxygens (including phenoxy) is 2. The Hall–Kier alpha value is -5.31. The van der Waals surface area contributed by atoms with E-state index in [-0.39, 0.29) is 56.3 Å². The van der Waals surface area contributed by atoms with Crippen molar-refractivity contribution in [1.29, 1.82) is 0 Å². The van der Waals surface area contributed by atoms with Gasteiger partial charge in [0.05, 0.1) is 12.7 Å². The highest BCUT2D eigenvalue weighted by molar-refractivity contribution is 5.97. The van der Waals surface area contributed by atoms with E-state index in [1.807, 2.05) is 81.4 Å². The van der Waals surface area contributed by atoms with Gasteiger partial charge in [-0.3, -0.25) is 33.6 Å². The zero-order valence-corrected chi connectivity index (χ0v) is 40.5. The molecule has 2 saturated heterocycles. The van der Waals surface area contributed by atoms with E-state index in [2.05, 4.69) is 28.2 Å². The molecule has 2 aromatic rings. The van der Waals surface area contributed by atoms with E-state index in [1.165, 1.54) is 29.1 Å². The zero-order valence-electron chi connectivity index (χ0n) is 40.5. The second-order valence-corrected chi connectivity index (χ2v) is 19.1. The van der Waals surface area contributed by atoms with Gasteiger partial charge in [0.2, 0.25) is 35.4 Å². The van der Waals surface area contributed by atoms with Crippen LogP contribution in [0, 0.1) is 17.8 Å². The van der Waals surface area contributed by atoms with Crippen molar-refractivity contribution in [2.45, 2.75) is 174 Å². The summed E-state index contributed by atoms with van der Waals surface area (Å²) in [5.41, 5.74) is 1.70. The van der Waals surface area contributed by atoms with Gasteiger partial charge in [0.15, 0.2) is 0 Å². The van der Waals surface area contributed by atoms with Gasteiger partial charge in [-0.25, -0.2) is 0 Å². The maximum atomic E-state index is 14.7. The lowest BCUT2D eigenvalue weighted by atomic mass is 9.79. The van der Waals surface area contributed by atoms with E-state index < -0.39 is 65.9 Å². The molecule has 2 aliphatic heterocycles. The molecular formula is C52H76N6O9. The fourth-order valence-electron chi connectivity index (χ4n) is 9.56. The second kappa shape index (κ2) is 26.9. The molecule has 7 atom stereocenters. The molecule has 6 amide bonds. The summed E-state index contributed by atoms with van der Waals surface area (Å²) in [7, 11) is 0. The predicted octanol–water partition coefficient (Wildman–Crippen LogP) is 5.73. The first-order valence-corrected chi connectivity index (χ1v) is 24.9. The Morgan fingerprint density at radius 3 is 1.88 bits per heavy atom. The van der Waals surface area contributed by atoms with Crippen LogP contribution >= 0.6 is 0 Å². The van der Waals surface area contributed by atoms with Crippen molar-refractivity contribution in [3.63, 3.8) is 0 Å². The average molecular weight is 929 g/mol. The van der Waals surface area contributed by atoms with Crippen molar-refractivity contribution in [3.05, 3.63) is 71.8 Å². The van der Waals surface area contributed by atoms with Crippen molar-refractivity contribution in [2.75, 3.05) is 19.6 Å². The Balaban J connectivity index is 1.31. The van der Waals surface area contributed by atoms with E-state index >= 15 is 0 Å². The second-order valence-electron chi connectivity index (χ2n) is 19.1. The Morgan fingerprint density at radius 2 is 1.24 bits per heavy atom. The molecule has 1 saturated carbocycles. The lowest BCUT2D eigenvalue weighted by Gasteiger charge is -2.39. The number of hydrogen-bond donors (Lipinski definition) is 4. The molecule has 368 valence electrons. The van der Waals surface area contributed by atoms with Crippen LogP contribution < -0.4 is 21.3 Å². The van der Waals surface area contributed by atoms with Crippen LogP contribution in [0.4, 0.5) is 0 Å². The van der Waals surface area contributed by atoms with Crippen LogP contribution in [0.1, 0.15) is 136 Å². The highest BCUT2D eigenvalue weighted by Crippen LogP contribution is 2.32. The van der Waals surface area contributed by atoms with Gasteiger partial charge in [0, 0.05) is 32.5 Å². The number of hydrogen-bond acceptors (Lipinski definition) is 9. The van der Waals surface area contributed by atoms with Gasteiger partial charge in [-0.15, -0.1) is 0 Å². The van der Waals surface area contributed by atoms with Crippen LogP contribution in [0.25, 0.3) is 0 Å². The van der Waals surface area contributed by atoms with Gasteiger partial charge in [-0.1, -0.05) is 120 Å². The topological polar surface area (TPSA) is 193 Å². The van der Waals surface area contributed by atoms with Crippen molar-refractivity contribution in [1.82, 2.24) is 31.1 Å². The number of esters is 1. The van der Waals surface area contributed by atoms with Crippen molar-refractivity contribution >= 4 is 41.4 Å². The molecule has 15 nitrogen and oxygen atoms in total. The maximum absolute atomic E-state index is 14.7. The van der Waals surface area contributed by atoms with Crippen LogP contribution in [0.2, 0.25) is 0 Å². The van der Waals surface area contributed by atoms with Crippen molar-refractivity contribution in [2.24, 2.45) is 17.8 Å². The normalized spacial score (nSPS) is 19.9. The monoisotopic (exact) mass is 929 g/mol. The number of amides is 6. The Bertz CT molecular complexity index is 1930. The summed E-state index contributed by atoms with van der Waals surface area (Å²) < 4.78 is 11.6. The molecule has 5 rings (SSSR count). The summed E-state index contributed by atoms with van der Waals surface area (Å²) in [5, 5.41) is 11.7. The first-order valence-electron chi connectivity index (χ1n) is 24.9. The smallest absolute Gasteiger partial charge is 0.306 e. The molecule has 1 unspecified atom stereocenters. The molecule has 4 N–H and O–H groups in total. The molecule has 0 bridgehead atoms. The van der Waals surface area contributed by atoms with Crippen LogP contribution in [0.15, 0.2) is 60.7 Å². The molecule has 3 aliphatic rings. The fraction of sp³-hybridized carbons (Fsp3) is 0.635. The molecule has 1 aliphatic carbocycles. The number of nitrogens with zero attached hydrogens (tertiary/aromatic N) is 2. The van der Waals surface area contributed by atoms with E-state index in [1.54, 1.807) is 6.92 Å². The van der Waals surface area contributed by atoms with E-state index in [0.717, 1.165) is 24.0 Å². The summed E-state index contributed by atoms with van der Waals surface area (Å²) in [5.74, 6) is -2.74. The summed E-state index contributed by atoms with van der Waals surface area (Å²) in [4.78, 5) is 101.